The molecule has 3 rings (SSSR count). The summed E-state index contributed by atoms with van der Waals surface area (Å²) >= 11 is 3.36. The van der Waals surface area contributed by atoms with Gasteiger partial charge in [-0.05, 0) is 62.4 Å². The predicted octanol–water partition coefficient (Wildman–Crippen LogP) is 4.49. The van der Waals surface area contributed by atoms with Crippen LogP contribution in [0.4, 0.5) is 0 Å². The van der Waals surface area contributed by atoms with E-state index in [1.165, 1.54) is 9.87 Å². The Bertz CT molecular complexity index is 998. The quantitative estimate of drug-likeness (QED) is 0.645. The van der Waals surface area contributed by atoms with Gasteiger partial charge in [0.25, 0.3) is 0 Å². The number of carbonyl (C=O) groups excluding carboxylic acids is 1. The smallest absolute Gasteiger partial charge is 0.223 e. The molecule has 0 aromatic heterocycles. The number of piperidine rings is 1. The molecule has 0 saturated carbocycles. The Labute approximate surface area is 188 Å². The van der Waals surface area contributed by atoms with Crippen molar-refractivity contribution in [2.24, 2.45) is 5.92 Å². The van der Waals surface area contributed by atoms with Crippen LogP contribution in [0.5, 0.6) is 0 Å². The Morgan fingerprint density at radius 2 is 1.77 bits per heavy atom. The van der Waals surface area contributed by atoms with E-state index in [0.717, 1.165) is 21.2 Å². The van der Waals surface area contributed by atoms with Gasteiger partial charge in [0.2, 0.25) is 15.9 Å². The molecule has 1 N–H and O–H groups in total. The first kappa shape index (κ1) is 23.0. The van der Waals surface area contributed by atoms with Gasteiger partial charge in [-0.25, -0.2) is 12.7 Å². The fourth-order valence-corrected chi connectivity index (χ4v) is 5.83. The summed E-state index contributed by atoms with van der Waals surface area (Å²) in [5.41, 5.74) is 4.24. The lowest BCUT2D eigenvalue weighted by Gasteiger charge is -2.31. The monoisotopic (exact) mass is 492 g/mol. The molecule has 5 nitrogen and oxygen atoms in total. The molecule has 30 heavy (non-hydrogen) atoms. The Hall–Kier alpha value is -1.70. The highest BCUT2D eigenvalue weighted by Gasteiger charge is 2.31. The Morgan fingerprint density at radius 3 is 2.37 bits per heavy atom. The van der Waals surface area contributed by atoms with E-state index in [9.17, 15) is 13.2 Å². The SMILES string of the molecule is Cc1ccc([C@@H](C)NC(=O)C2CCN(S(=O)(=O)Cc3ccc(Br)cc3)CC2)c(C)c1. The predicted molar refractivity (Wildman–Crippen MR) is 124 cm³/mol. The maximum absolute atomic E-state index is 12.8. The van der Waals surface area contributed by atoms with Gasteiger partial charge in [-0.3, -0.25) is 4.79 Å². The third kappa shape index (κ3) is 5.71. The Balaban J connectivity index is 1.55. The molecular formula is C23H29BrN2O3S. The maximum Gasteiger partial charge on any atom is 0.223 e. The van der Waals surface area contributed by atoms with Crippen LogP contribution in [-0.4, -0.2) is 31.7 Å². The minimum atomic E-state index is -3.39. The summed E-state index contributed by atoms with van der Waals surface area (Å²) < 4.78 is 28.0. The topological polar surface area (TPSA) is 66.5 Å². The highest BCUT2D eigenvalue weighted by atomic mass is 79.9. The van der Waals surface area contributed by atoms with E-state index < -0.39 is 10.0 Å². The molecule has 1 heterocycles. The lowest BCUT2D eigenvalue weighted by atomic mass is 9.95. The fraction of sp³-hybridized carbons (Fsp3) is 0.435. The molecule has 1 fully saturated rings. The first-order valence-electron chi connectivity index (χ1n) is 10.3. The normalized spacial score (nSPS) is 16.9. The first-order valence-corrected chi connectivity index (χ1v) is 12.7. The lowest BCUT2D eigenvalue weighted by Crippen LogP contribution is -2.43. The van der Waals surface area contributed by atoms with E-state index in [2.05, 4.69) is 53.3 Å². The highest BCUT2D eigenvalue weighted by Crippen LogP contribution is 2.24. The van der Waals surface area contributed by atoms with Gasteiger partial charge in [-0.2, -0.15) is 0 Å². The average Bonchev–Trinajstić information content (AvgIpc) is 2.69. The largest absolute Gasteiger partial charge is 0.349 e. The second kappa shape index (κ2) is 9.62. The van der Waals surface area contributed by atoms with Crippen molar-refractivity contribution in [3.63, 3.8) is 0 Å². The standard InChI is InChI=1S/C23H29BrN2O3S/c1-16-4-9-22(17(2)14-16)18(3)25-23(27)20-10-12-26(13-11-20)30(28,29)15-19-5-7-21(24)8-6-19/h4-9,14,18,20H,10-13,15H2,1-3H3,(H,25,27)/t18-/m1/s1. The number of rotatable bonds is 6. The number of nitrogens with one attached hydrogen (secondary N) is 1. The van der Waals surface area contributed by atoms with Crippen molar-refractivity contribution in [1.29, 1.82) is 0 Å². The summed E-state index contributed by atoms with van der Waals surface area (Å²) in [4.78, 5) is 12.8. The minimum Gasteiger partial charge on any atom is -0.349 e. The van der Waals surface area contributed by atoms with Crippen LogP contribution >= 0.6 is 15.9 Å². The molecule has 0 aliphatic carbocycles. The summed E-state index contributed by atoms with van der Waals surface area (Å²) in [5.74, 6) is -0.161. The Kier molecular flexibility index (Phi) is 7.37. The van der Waals surface area contributed by atoms with E-state index in [1.807, 2.05) is 31.2 Å². The number of benzene rings is 2. The molecule has 7 heteroatoms. The van der Waals surface area contributed by atoms with E-state index in [-0.39, 0.29) is 23.6 Å². The molecule has 1 atom stereocenters. The summed E-state index contributed by atoms with van der Waals surface area (Å²) in [6.07, 6.45) is 1.09. The molecule has 1 amide bonds. The molecule has 0 radical (unpaired) electrons. The van der Waals surface area contributed by atoms with Crippen molar-refractivity contribution in [3.8, 4) is 0 Å². The zero-order chi connectivity index (χ0) is 21.9. The van der Waals surface area contributed by atoms with Crippen LogP contribution in [0.3, 0.4) is 0 Å². The molecule has 162 valence electrons. The number of aryl methyl sites for hydroxylation is 2. The number of hydrogen-bond donors (Lipinski definition) is 1. The van der Waals surface area contributed by atoms with Gasteiger partial charge in [0.1, 0.15) is 0 Å². The number of carbonyl (C=O) groups is 1. The van der Waals surface area contributed by atoms with E-state index in [4.69, 9.17) is 0 Å². The van der Waals surface area contributed by atoms with Crippen molar-refractivity contribution in [1.82, 2.24) is 9.62 Å². The van der Waals surface area contributed by atoms with Crippen molar-refractivity contribution < 1.29 is 13.2 Å². The number of halogens is 1. The van der Waals surface area contributed by atoms with Crippen molar-refractivity contribution in [3.05, 3.63) is 69.2 Å². The van der Waals surface area contributed by atoms with Gasteiger partial charge in [-0.1, -0.05) is 51.8 Å². The first-order chi connectivity index (χ1) is 14.2. The second-order valence-corrected chi connectivity index (χ2v) is 11.0. The molecule has 2 aromatic carbocycles. The van der Waals surface area contributed by atoms with E-state index in [0.29, 0.717) is 25.9 Å². The van der Waals surface area contributed by atoms with Crippen LogP contribution in [0, 0.1) is 19.8 Å². The Morgan fingerprint density at radius 1 is 1.13 bits per heavy atom. The van der Waals surface area contributed by atoms with Crippen LogP contribution in [0.2, 0.25) is 0 Å². The summed E-state index contributed by atoms with van der Waals surface area (Å²) in [7, 11) is -3.39. The number of nitrogens with zero attached hydrogens (tertiary/aromatic N) is 1. The van der Waals surface area contributed by atoms with Gasteiger partial charge in [0.05, 0.1) is 11.8 Å². The molecule has 0 bridgehead atoms. The third-order valence-corrected chi connectivity index (χ3v) is 8.11. The number of amides is 1. The van der Waals surface area contributed by atoms with Gasteiger partial charge < -0.3 is 5.32 Å². The van der Waals surface area contributed by atoms with Crippen molar-refractivity contribution in [2.75, 3.05) is 13.1 Å². The third-order valence-electron chi connectivity index (χ3n) is 5.73. The molecular weight excluding hydrogens is 464 g/mol. The summed E-state index contributed by atoms with van der Waals surface area (Å²) in [6, 6.07) is 13.5. The van der Waals surface area contributed by atoms with E-state index >= 15 is 0 Å². The van der Waals surface area contributed by atoms with Crippen LogP contribution < -0.4 is 5.32 Å². The molecule has 1 aliphatic rings. The zero-order valence-electron chi connectivity index (χ0n) is 17.7. The van der Waals surface area contributed by atoms with Crippen molar-refractivity contribution in [2.45, 2.75) is 45.4 Å². The molecule has 0 unspecified atom stereocenters. The zero-order valence-corrected chi connectivity index (χ0v) is 20.1. The number of sulfonamides is 1. The van der Waals surface area contributed by atoms with Crippen LogP contribution in [0.1, 0.15) is 48.1 Å². The average molecular weight is 493 g/mol. The summed E-state index contributed by atoms with van der Waals surface area (Å²) in [5, 5.41) is 3.11. The van der Waals surface area contributed by atoms with Crippen LogP contribution in [0.15, 0.2) is 46.9 Å². The summed E-state index contributed by atoms with van der Waals surface area (Å²) in [6.45, 7) is 6.87. The van der Waals surface area contributed by atoms with Gasteiger partial charge >= 0.3 is 0 Å². The molecule has 2 aromatic rings. The minimum absolute atomic E-state index is 0.00688. The van der Waals surface area contributed by atoms with Crippen LogP contribution in [-0.2, 0) is 20.6 Å². The molecule has 1 aliphatic heterocycles. The number of hydrogen-bond acceptors (Lipinski definition) is 3. The van der Waals surface area contributed by atoms with Crippen LogP contribution in [0.25, 0.3) is 0 Å². The maximum atomic E-state index is 12.8. The highest BCUT2D eigenvalue weighted by molar-refractivity contribution is 9.10. The van der Waals surface area contributed by atoms with Gasteiger partial charge in [0, 0.05) is 23.5 Å². The van der Waals surface area contributed by atoms with E-state index in [1.54, 1.807) is 0 Å². The van der Waals surface area contributed by atoms with Gasteiger partial charge in [-0.15, -0.1) is 0 Å². The molecule has 1 saturated heterocycles. The van der Waals surface area contributed by atoms with Gasteiger partial charge in [0.15, 0.2) is 0 Å². The fourth-order valence-electron chi connectivity index (χ4n) is 4.00. The second-order valence-electron chi connectivity index (χ2n) is 8.15. The lowest BCUT2D eigenvalue weighted by molar-refractivity contribution is -0.126. The molecule has 0 spiro atoms. The van der Waals surface area contributed by atoms with Crippen molar-refractivity contribution >= 4 is 31.9 Å².